The number of carboxylic acids is 1. The molecule has 0 heterocycles. The van der Waals surface area contributed by atoms with Crippen LogP contribution in [-0.2, 0) is 6.14 Å². The first-order chi connectivity index (χ1) is 8.00. The van der Waals surface area contributed by atoms with Gasteiger partial charge >= 0.3 is 25.8 Å². The largest absolute Gasteiger partial charge is 0.478 e. The summed E-state index contributed by atoms with van der Waals surface area (Å²) < 4.78 is 22.9. The molecule has 6 heteroatoms. The molecular formula is C11H6BrIO4. The van der Waals surface area contributed by atoms with E-state index in [0.717, 1.165) is 4.47 Å². The molecule has 2 rings (SSSR count). The van der Waals surface area contributed by atoms with E-state index in [2.05, 4.69) is 15.9 Å². The van der Waals surface area contributed by atoms with Crippen LogP contribution < -0.4 is 0 Å². The van der Waals surface area contributed by atoms with Crippen LogP contribution >= 0.6 is 35.7 Å². The number of hydrogen-bond acceptors (Lipinski definition) is 3. The number of hydrogen-bond donors (Lipinski definition) is 1. The molecule has 0 spiro atoms. The standard InChI is InChI=1S/C11H6BrIO4/c12-9-3-1-2-6-4-8(11(14)15)10(13(16)17)5-7(6)9/h1-5H,(H,14,15). The van der Waals surface area contributed by atoms with Crippen molar-refractivity contribution >= 4 is 52.5 Å². The van der Waals surface area contributed by atoms with Gasteiger partial charge in [0.1, 0.15) is 0 Å². The summed E-state index contributed by atoms with van der Waals surface area (Å²) in [5.41, 5.74) is -0.161. The Morgan fingerprint density at radius 2 is 1.94 bits per heavy atom. The third-order valence-corrected chi connectivity index (χ3v) is 4.84. The van der Waals surface area contributed by atoms with Gasteiger partial charge in [0.15, 0.2) is 0 Å². The number of halogens is 2. The van der Waals surface area contributed by atoms with Gasteiger partial charge in [-0.25, -0.2) is 10.9 Å². The fraction of sp³-hybridized carbons (Fsp3) is 0. The fourth-order valence-electron chi connectivity index (χ4n) is 1.55. The predicted octanol–water partition coefficient (Wildman–Crippen LogP) is 3.67. The lowest BCUT2D eigenvalue weighted by Crippen LogP contribution is -2.00. The maximum Gasteiger partial charge on any atom is 0.341 e. The highest BCUT2D eigenvalue weighted by Gasteiger charge is 2.16. The highest BCUT2D eigenvalue weighted by Crippen LogP contribution is 2.31. The van der Waals surface area contributed by atoms with Crippen LogP contribution in [0.25, 0.3) is 10.8 Å². The number of aromatic carboxylic acids is 1. The maximum atomic E-state index is 11.1. The number of benzene rings is 2. The fourth-order valence-corrected chi connectivity index (χ4v) is 3.47. The smallest absolute Gasteiger partial charge is 0.341 e. The summed E-state index contributed by atoms with van der Waals surface area (Å²) in [5.74, 6) is -1.23. The number of rotatable bonds is 2. The van der Waals surface area contributed by atoms with E-state index in [1.54, 1.807) is 18.2 Å². The predicted molar refractivity (Wildman–Crippen MR) is 72.7 cm³/mol. The lowest BCUT2D eigenvalue weighted by Gasteiger charge is -2.04. The molecule has 2 aromatic rings. The molecule has 0 aliphatic rings. The number of carboxylic acid groups (broad SMARTS) is 1. The van der Waals surface area contributed by atoms with E-state index in [1.165, 1.54) is 12.1 Å². The summed E-state index contributed by atoms with van der Waals surface area (Å²) in [4.78, 5) is 11.0. The van der Waals surface area contributed by atoms with Crippen molar-refractivity contribution < 1.29 is 16.0 Å². The average Bonchev–Trinajstić information content (AvgIpc) is 2.27. The average molecular weight is 409 g/mol. The summed E-state index contributed by atoms with van der Waals surface area (Å²) in [6, 6.07) is 8.08. The molecule has 0 radical (unpaired) electrons. The Kier molecular flexibility index (Phi) is 3.43. The number of carbonyl (C=O) groups is 1. The zero-order valence-electron chi connectivity index (χ0n) is 8.31. The van der Waals surface area contributed by atoms with Gasteiger partial charge in [-0.1, -0.05) is 28.1 Å². The Morgan fingerprint density at radius 1 is 1.24 bits per heavy atom. The molecule has 0 aliphatic heterocycles. The molecule has 4 nitrogen and oxygen atoms in total. The normalized spacial score (nSPS) is 10.9. The summed E-state index contributed by atoms with van der Waals surface area (Å²) in [5, 5.41) is 10.4. The van der Waals surface area contributed by atoms with Crippen LogP contribution in [0.4, 0.5) is 0 Å². The maximum absolute atomic E-state index is 11.1. The van der Waals surface area contributed by atoms with E-state index in [0.29, 0.717) is 10.8 Å². The second-order valence-corrected chi connectivity index (χ2v) is 6.57. The first-order valence-electron chi connectivity index (χ1n) is 4.51. The van der Waals surface area contributed by atoms with Crippen LogP contribution in [0.1, 0.15) is 10.4 Å². The topological polar surface area (TPSA) is 71.4 Å². The van der Waals surface area contributed by atoms with Crippen molar-refractivity contribution in [2.75, 3.05) is 0 Å². The number of fused-ring (bicyclic) bond motifs is 1. The van der Waals surface area contributed by atoms with E-state index < -0.39 is 25.8 Å². The van der Waals surface area contributed by atoms with Crippen molar-refractivity contribution in [1.82, 2.24) is 0 Å². The van der Waals surface area contributed by atoms with Crippen LogP contribution in [0.15, 0.2) is 34.8 Å². The Labute approximate surface area is 112 Å². The third kappa shape index (κ3) is 2.32. The molecule has 0 atom stereocenters. The van der Waals surface area contributed by atoms with Gasteiger partial charge in [0.25, 0.3) is 0 Å². The van der Waals surface area contributed by atoms with E-state index >= 15 is 0 Å². The van der Waals surface area contributed by atoms with Crippen LogP contribution in [0, 0.1) is 3.57 Å². The summed E-state index contributed by atoms with van der Waals surface area (Å²) >= 11 is -0.519. The van der Waals surface area contributed by atoms with Gasteiger partial charge in [0.05, 0.1) is 9.13 Å². The monoisotopic (exact) mass is 408 g/mol. The summed E-state index contributed by atoms with van der Waals surface area (Å²) in [6.45, 7) is 0. The molecule has 0 fully saturated rings. The molecule has 0 saturated carbocycles. The highest BCUT2D eigenvalue weighted by molar-refractivity contribution is 14.2. The van der Waals surface area contributed by atoms with Crippen molar-refractivity contribution in [1.29, 1.82) is 0 Å². The molecule has 1 N–H and O–H groups in total. The molecule has 17 heavy (non-hydrogen) atoms. The summed E-state index contributed by atoms with van der Waals surface area (Å²) in [6.07, 6.45) is 0. The highest BCUT2D eigenvalue weighted by atomic mass is 127. The first-order valence-corrected chi connectivity index (χ1v) is 8.15. The zero-order valence-corrected chi connectivity index (χ0v) is 12.1. The Hall–Kier alpha value is -1.02. The molecule has 2 aromatic carbocycles. The van der Waals surface area contributed by atoms with Gasteiger partial charge in [0.2, 0.25) is 0 Å². The Balaban J connectivity index is 2.91. The molecule has 0 aliphatic carbocycles. The van der Waals surface area contributed by atoms with Crippen molar-refractivity contribution in [2.24, 2.45) is 0 Å². The zero-order chi connectivity index (χ0) is 12.6. The molecular weight excluding hydrogens is 403 g/mol. The van der Waals surface area contributed by atoms with Crippen LogP contribution in [0.3, 0.4) is 0 Å². The summed E-state index contributed by atoms with van der Waals surface area (Å²) in [7, 11) is 0. The molecule has 0 unspecified atom stereocenters. The minimum Gasteiger partial charge on any atom is -0.478 e. The van der Waals surface area contributed by atoms with E-state index in [9.17, 15) is 10.9 Å². The van der Waals surface area contributed by atoms with Crippen LogP contribution in [-0.4, -0.2) is 11.1 Å². The van der Waals surface area contributed by atoms with Gasteiger partial charge in [-0.15, -0.1) is 0 Å². The minimum absolute atomic E-state index is 0.0823. The van der Waals surface area contributed by atoms with E-state index in [1.807, 2.05) is 0 Å². The third-order valence-electron chi connectivity index (χ3n) is 2.31. The van der Waals surface area contributed by atoms with Crippen LogP contribution in [0.5, 0.6) is 0 Å². The van der Waals surface area contributed by atoms with Crippen molar-refractivity contribution in [3.8, 4) is 0 Å². The van der Waals surface area contributed by atoms with Crippen LogP contribution in [0.2, 0.25) is 0 Å². The van der Waals surface area contributed by atoms with Gasteiger partial charge in [-0.3, -0.25) is 0 Å². The van der Waals surface area contributed by atoms with Gasteiger partial charge in [0, 0.05) is 4.47 Å². The van der Waals surface area contributed by atoms with Gasteiger partial charge in [-0.05, 0) is 29.0 Å². The molecule has 0 amide bonds. The van der Waals surface area contributed by atoms with Crippen molar-refractivity contribution in [2.45, 2.75) is 0 Å². The second-order valence-electron chi connectivity index (χ2n) is 3.32. The Morgan fingerprint density at radius 3 is 2.53 bits per heavy atom. The molecule has 0 saturated heterocycles. The first kappa shape index (κ1) is 12.4. The molecule has 0 bridgehead atoms. The molecule has 0 aromatic heterocycles. The second kappa shape index (κ2) is 4.69. The lowest BCUT2D eigenvalue weighted by molar-refractivity contribution is 0.0696. The van der Waals surface area contributed by atoms with Crippen molar-refractivity contribution in [3.63, 3.8) is 0 Å². The van der Waals surface area contributed by atoms with Gasteiger partial charge in [-0.2, -0.15) is 0 Å². The quantitative estimate of drug-likeness (QED) is 0.769. The SMILES string of the molecule is O=C(O)c1cc2cccc(Br)c2cc1I(=O)=O. The van der Waals surface area contributed by atoms with E-state index in [4.69, 9.17) is 5.11 Å². The lowest BCUT2D eigenvalue weighted by atomic mass is 10.1. The van der Waals surface area contributed by atoms with Crippen molar-refractivity contribution in [3.05, 3.63) is 43.9 Å². The Bertz CT molecular complexity index is 683. The molecule has 88 valence electrons. The minimum atomic E-state index is -3.83. The van der Waals surface area contributed by atoms with Gasteiger partial charge < -0.3 is 5.11 Å². The van der Waals surface area contributed by atoms with E-state index in [-0.39, 0.29) is 9.13 Å².